The molecule has 1 aliphatic rings. The standard InChI is InChI=1S/C21H23N5O5S/c1-25-8-7-15-16(25)5-4-6-18(15)32(27,28)24-20-19-17(31-23-20)9-13(22-21(19)30-3)10-26-11-14(12-26)29-2/h4-9,14H,10-12H2,1-3H3,(H,23,24). The second-order valence-electron chi connectivity index (χ2n) is 7.80. The Morgan fingerprint density at radius 3 is 2.81 bits per heavy atom. The van der Waals surface area contributed by atoms with Gasteiger partial charge in [-0.05, 0) is 18.2 Å². The molecule has 1 fully saturated rings. The molecule has 0 unspecified atom stereocenters. The average Bonchev–Trinajstić information content (AvgIpc) is 3.33. The molecular formula is C21H23N5O5S. The van der Waals surface area contributed by atoms with Gasteiger partial charge >= 0.3 is 0 Å². The van der Waals surface area contributed by atoms with Crippen LogP contribution in [0.25, 0.3) is 21.9 Å². The predicted molar refractivity (Wildman–Crippen MR) is 118 cm³/mol. The van der Waals surface area contributed by atoms with Crippen LogP contribution >= 0.6 is 0 Å². The molecule has 1 saturated heterocycles. The largest absolute Gasteiger partial charge is 0.480 e. The first-order valence-corrected chi connectivity index (χ1v) is 11.5. The molecule has 168 valence electrons. The van der Waals surface area contributed by atoms with E-state index in [2.05, 4.69) is 19.8 Å². The van der Waals surface area contributed by atoms with Gasteiger partial charge in [-0.2, -0.15) is 0 Å². The van der Waals surface area contributed by atoms with Crippen LogP contribution in [0.15, 0.2) is 45.9 Å². The van der Waals surface area contributed by atoms with E-state index < -0.39 is 10.0 Å². The number of ether oxygens (including phenoxy) is 2. The molecule has 10 nitrogen and oxygen atoms in total. The van der Waals surface area contributed by atoms with Crippen molar-refractivity contribution in [2.75, 3.05) is 32.0 Å². The smallest absolute Gasteiger partial charge is 0.263 e. The number of aromatic nitrogens is 3. The number of nitrogens with zero attached hydrogens (tertiary/aromatic N) is 4. The Labute approximate surface area is 184 Å². The number of rotatable bonds is 7. The zero-order valence-electron chi connectivity index (χ0n) is 17.9. The molecule has 0 saturated carbocycles. The predicted octanol–water partition coefficient (Wildman–Crippen LogP) is 2.35. The lowest BCUT2D eigenvalue weighted by atomic mass is 10.1. The molecule has 4 aromatic rings. The summed E-state index contributed by atoms with van der Waals surface area (Å²) in [5.74, 6) is 0.283. The number of nitrogens with one attached hydrogen (secondary N) is 1. The normalized spacial score (nSPS) is 15.3. The number of aryl methyl sites for hydroxylation is 1. The van der Waals surface area contributed by atoms with Gasteiger partial charge in [0.05, 0.1) is 23.8 Å². The Morgan fingerprint density at radius 1 is 1.25 bits per heavy atom. The topological polar surface area (TPSA) is 112 Å². The molecule has 0 amide bonds. The van der Waals surface area contributed by atoms with Crippen molar-refractivity contribution in [1.82, 2.24) is 19.6 Å². The molecule has 0 aliphatic carbocycles. The molecule has 0 spiro atoms. The summed E-state index contributed by atoms with van der Waals surface area (Å²) in [6.45, 7) is 2.25. The molecule has 4 heterocycles. The summed E-state index contributed by atoms with van der Waals surface area (Å²) in [7, 11) is 1.10. The highest BCUT2D eigenvalue weighted by molar-refractivity contribution is 7.93. The lowest BCUT2D eigenvalue weighted by Crippen LogP contribution is -2.51. The van der Waals surface area contributed by atoms with E-state index in [0.29, 0.717) is 22.9 Å². The van der Waals surface area contributed by atoms with Crippen molar-refractivity contribution >= 4 is 37.7 Å². The summed E-state index contributed by atoms with van der Waals surface area (Å²) < 4.78 is 47.0. The Bertz CT molecular complexity index is 1400. The number of sulfonamides is 1. The van der Waals surface area contributed by atoms with Crippen LogP contribution in [0.4, 0.5) is 5.82 Å². The lowest BCUT2D eigenvalue weighted by molar-refractivity contribution is -0.0339. The average molecular weight is 458 g/mol. The van der Waals surface area contributed by atoms with Crippen LogP contribution in [-0.2, 0) is 28.4 Å². The van der Waals surface area contributed by atoms with Gasteiger partial charge in [-0.25, -0.2) is 13.4 Å². The van der Waals surface area contributed by atoms with Crippen molar-refractivity contribution in [2.24, 2.45) is 7.05 Å². The second kappa shape index (κ2) is 7.76. The fourth-order valence-electron chi connectivity index (χ4n) is 4.00. The first kappa shape index (κ1) is 20.7. The van der Waals surface area contributed by atoms with Gasteiger partial charge in [0.25, 0.3) is 10.0 Å². The lowest BCUT2D eigenvalue weighted by Gasteiger charge is -2.37. The zero-order chi connectivity index (χ0) is 22.5. The van der Waals surface area contributed by atoms with Gasteiger partial charge in [0, 0.05) is 57.0 Å². The first-order valence-electron chi connectivity index (χ1n) is 10.0. The van der Waals surface area contributed by atoms with Crippen molar-refractivity contribution in [2.45, 2.75) is 17.5 Å². The number of likely N-dealkylation sites (tertiary alicyclic amines) is 1. The SMILES string of the molecule is COc1nc(CN2CC(OC)C2)cc2onc(NS(=O)(=O)c3cccc4c3ccn4C)c12. The summed E-state index contributed by atoms with van der Waals surface area (Å²) >= 11 is 0. The van der Waals surface area contributed by atoms with Gasteiger partial charge in [0.1, 0.15) is 5.39 Å². The highest BCUT2D eigenvalue weighted by atomic mass is 32.2. The molecule has 1 aliphatic heterocycles. The molecule has 3 aromatic heterocycles. The summed E-state index contributed by atoms with van der Waals surface area (Å²) in [5, 5.41) is 4.95. The first-order chi connectivity index (χ1) is 15.4. The quantitative estimate of drug-likeness (QED) is 0.450. The van der Waals surface area contributed by atoms with Crippen LogP contribution in [0.1, 0.15) is 5.69 Å². The molecule has 1 aromatic carbocycles. The van der Waals surface area contributed by atoms with Crippen LogP contribution in [0.2, 0.25) is 0 Å². The van der Waals surface area contributed by atoms with Gasteiger partial charge in [-0.3, -0.25) is 9.62 Å². The Morgan fingerprint density at radius 2 is 2.06 bits per heavy atom. The van der Waals surface area contributed by atoms with Crippen molar-refractivity contribution in [1.29, 1.82) is 0 Å². The maximum absolute atomic E-state index is 13.2. The summed E-state index contributed by atoms with van der Waals surface area (Å²) in [4.78, 5) is 6.87. The minimum Gasteiger partial charge on any atom is -0.480 e. The van der Waals surface area contributed by atoms with Gasteiger partial charge in [-0.15, -0.1) is 0 Å². The van der Waals surface area contributed by atoms with Gasteiger partial charge < -0.3 is 18.6 Å². The molecule has 0 radical (unpaired) electrons. The van der Waals surface area contributed by atoms with Crippen LogP contribution in [0.3, 0.4) is 0 Å². The van der Waals surface area contributed by atoms with Crippen molar-refractivity contribution in [3.63, 3.8) is 0 Å². The van der Waals surface area contributed by atoms with Crippen molar-refractivity contribution in [3.05, 3.63) is 42.2 Å². The molecule has 5 rings (SSSR count). The Hall–Kier alpha value is -3.15. The zero-order valence-corrected chi connectivity index (χ0v) is 18.7. The van der Waals surface area contributed by atoms with Gasteiger partial charge in [-0.1, -0.05) is 11.2 Å². The maximum Gasteiger partial charge on any atom is 0.263 e. The van der Waals surface area contributed by atoms with E-state index in [-0.39, 0.29) is 22.7 Å². The van der Waals surface area contributed by atoms with E-state index in [9.17, 15) is 8.42 Å². The highest BCUT2D eigenvalue weighted by Crippen LogP contribution is 2.34. The maximum atomic E-state index is 13.2. The molecule has 11 heteroatoms. The molecule has 0 bridgehead atoms. The van der Waals surface area contributed by atoms with E-state index in [1.165, 1.54) is 7.11 Å². The van der Waals surface area contributed by atoms with Gasteiger partial charge in [0.15, 0.2) is 11.4 Å². The monoisotopic (exact) mass is 457 g/mol. The number of fused-ring (bicyclic) bond motifs is 2. The van der Waals surface area contributed by atoms with Crippen molar-refractivity contribution in [3.8, 4) is 5.88 Å². The molecule has 32 heavy (non-hydrogen) atoms. The van der Waals surface area contributed by atoms with Crippen molar-refractivity contribution < 1.29 is 22.4 Å². The number of benzene rings is 1. The third-order valence-corrected chi connectivity index (χ3v) is 7.12. The minimum atomic E-state index is -3.94. The number of pyridine rings is 1. The number of methoxy groups -OCH3 is 2. The van der Waals surface area contributed by atoms with Gasteiger partial charge in [0.2, 0.25) is 5.88 Å². The number of hydrogen-bond acceptors (Lipinski definition) is 8. The Balaban J connectivity index is 1.48. The van der Waals surface area contributed by atoms with Crippen LogP contribution in [0.5, 0.6) is 5.88 Å². The van der Waals surface area contributed by atoms with E-state index in [4.69, 9.17) is 14.0 Å². The highest BCUT2D eigenvalue weighted by Gasteiger charge is 2.28. The van der Waals surface area contributed by atoms with E-state index in [0.717, 1.165) is 24.3 Å². The molecular weight excluding hydrogens is 434 g/mol. The van der Waals surface area contributed by atoms with E-state index in [1.807, 2.05) is 23.9 Å². The van der Waals surface area contributed by atoms with E-state index >= 15 is 0 Å². The fourth-order valence-corrected chi connectivity index (χ4v) is 5.22. The summed E-state index contributed by atoms with van der Waals surface area (Å²) in [6, 6.07) is 8.64. The number of anilines is 1. The van der Waals surface area contributed by atoms with E-state index in [1.54, 1.807) is 31.4 Å². The second-order valence-corrected chi connectivity index (χ2v) is 9.45. The minimum absolute atomic E-state index is 0.0345. The molecule has 0 atom stereocenters. The summed E-state index contributed by atoms with van der Waals surface area (Å²) in [5.41, 5.74) is 1.94. The summed E-state index contributed by atoms with van der Waals surface area (Å²) in [6.07, 6.45) is 2.05. The third-order valence-electron chi connectivity index (χ3n) is 5.72. The Kier molecular flexibility index (Phi) is 5.03. The van der Waals surface area contributed by atoms with Crippen LogP contribution in [0, 0.1) is 0 Å². The fraction of sp³-hybridized carbons (Fsp3) is 0.333. The van der Waals surface area contributed by atoms with Crippen LogP contribution < -0.4 is 9.46 Å². The number of hydrogen-bond donors (Lipinski definition) is 1. The molecule has 1 N–H and O–H groups in total. The third kappa shape index (κ3) is 3.48. The van der Waals surface area contributed by atoms with Crippen LogP contribution in [-0.4, -0.2) is 61.4 Å².